The lowest BCUT2D eigenvalue weighted by molar-refractivity contribution is -0.0769. The Bertz CT molecular complexity index is 187. The lowest BCUT2D eigenvalue weighted by Crippen LogP contribution is -2.47. The van der Waals surface area contributed by atoms with Crippen LogP contribution in [-0.4, -0.2) is 29.5 Å². The fourth-order valence-electron chi connectivity index (χ4n) is 1.92. The normalized spacial score (nSPS) is 33.2. The van der Waals surface area contributed by atoms with Crippen LogP contribution in [0.4, 0.5) is 8.78 Å². The highest BCUT2D eigenvalue weighted by molar-refractivity contribution is 5.02. The van der Waals surface area contributed by atoms with Crippen molar-refractivity contribution >= 4 is 0 Å². The van der Waals surface area contributed by atoms with Crippen molar-refractivity contribution < 1.29 is 8.78 Å². The molecule has 0 atom stereocenters. The van der Waals surface area contributed by atoms with E-state index in [1.54, 1.807) is 0 Å². The summed E-state index contributed by atoms with van der Waals surface area (Å²) in [7, 11) is 0. The van der Waals surface area contributed by atoms with E-state index in [-0.39, 0.29) is 18.5 Å². The van der Waals surface area contributed by atoms with E-state index in [1.807, 2.05) is 4.90 Å². The second-order valence-electron chi connectivity index (χ2n) is 4.38. The van der Waals surface area contributed by atoms with Gasteiger partial charge in [-0.1, -0.05) is 0 Å². The number of piperidine rings is 1. The van der Waals surface area contributed by atoms with Gasteiger partial charge in [-0.3, -0.25) is 4.90 Å². The highest BCUT2D eigenvalue weighted by Crippen LogP contribution is 2.44. The fourth-order valence-corrected chi connectivity index (χ4v) is 1.92. The number of likely N-dealkylation sites (tertiary alicyclic amines) is 1. The van der Waals surface area contributed by atoms with Crippen molar-refractivity contribution in [3.05, 3.63) is 0 Å². The summed E-state index contributed by atoms with van der Waals surface area (Å²) in [6, 6.07) is 0. The Morgan fingerprint density at radius 1 is 1.17 bits per heavy atom. The molecule has 0 aromatic heterocycles. The Kier molecular flexibility index (Phi) is 1.69. The molecule has 1 saturated carbocycles. The van der Waals surface area contributed by atoms with E-state index in [2.05, 4.69) is 6.92 Å². The van der Waals surface area contributed by atoms with Crippen LogP contribution in [0.3, 0.4) is 0 Å². The summed E-state index contributed by atoms with van der Waals surface area (Å²) in [6.07, 6.45) is 2.94. The van der Waals surface area contributed by atoms with Crippen LogP contribution >= 0.6 is 0 Å². The molecule has 0 aromatic rings. The number of hydrogen-bond acceptors (Lipinski definition) is 1. The average Bonchev–Trinajstić information content (AvgIpc) is 2.67. The number of nitrogens with zero attached hydrogens (tertiary/aromatic N) is 1. The van der Waals surface area contributed by atoms with Gasteiger partial charge in [-0.2, -0.15) is 0 Å². The van der Waals surface area contributed by atoms with Crippen molar-refractivity contribution in [2.24, 2.45) is 0 Å². The van der Waals surface area contributed by atoms with Gasteiger partial charge in [0.25, 0.3) is 5.92 Å². The summed E-state index contributed by atoms with van der Waals surface area (Å²) >= 11 is 0. The number of hydrogen-bond donors (Lipinski definition) is 0. The minimum atomic E-state index is -2.43. The molecule has 0 N–H and O–H groups in total. The van der Waals surface area contributed by atoms with E-state index in [0.717, 1.165) is 19.4 Å². The monoisotopic (exact) mass is 175 g/mol. The highest BCUT2D eigenvalue weighted by Gasteiger charge is 2.48. The maximum atomic E-state index is 13.0. The molecular formula is C9H15F2N. The van der Waals surface area contributed by atoms with Gasteiger partial charge in [-0.25, -0.2) is 8.78 Å². The van der Waals surface area contributed by atoms with E-state index >= 15 is 0 Å². The first-order valence-corrected chi connectivity index (χ1v) is 4.65. The van der Waals surface area contributed by atoms with Crippen LogP contribution < -0.4 is 0 Å². The van der Waals surface area contributed by atoms with Crippen molar-refractivity contribution in [1.82, 2.24) is 4.90 Å². The second kappa shape index (κ2) is 2.41. The van der Waals surface area contributed by atoms with Crippen LogP contribution in [0.15, 0.2) is 0 Å². The van der Waals surface area contributed by atoms with Crippen molar-refractivity contribution in [2.45, 2.75) is 44.1 Å². The minimum Gasteiger partial charge on any atom is -0.292 e. The first-order chi connectivity index (χ1) is 5.52. The molecule has 2 rings (SSSR count). The molecule has 0 bridgehead atoms. The van der Waals surface area contributed by atoms with Crippen LogP contribution in [0.5, 0.6) is 0 Å². The molecule has 0 spiro atoms. The molecule has 1 aliphatic heterocycles. The molecule has 1 nitrogen and oxygen atoms in total. The van der Waals surface area contributed by atoms with E-state index in [9.17, 15) is 8.78 Å². The molecular weight excluding hydrogens is 160 g/mol. The predicted octanol–water partition coefficient (Wildman–Crippen LogP) is 2.27. The van der Waals surface area contributed by atoms with Crippen molar-refractivity contribution in [2.75, 3.05) is 13.1 Å². The predicted molar refractivity (Wildman–Crippen MR) is 43.4 cm³/mol. The third kappa shape index (κ3) is 1.47. The zero-order valence-corrected chi connectivity index (χ0v) is 7.45. The molecule has 2 fully saturated rings. The van der Waals surface area contributed by atoms with Gasteiger partial charge in [0, 0.05) is 12.0 Å². The van der Waals surface area contributed by atoms with Gasteiger partial charge in [0.05, 0.1) is 6.54 Å². The molecule has 1 aliphatic carbocycles. The van der Waals surface area contributed by atoms with Gasteiger partial charge in [0.2, 0.25) is 0 Å². The molecule has 70 valence electrons. The lowest BCUT2D eigenvalue weighted by atomic mass is 10.0. The molecule has 2 aliphatic rings. The van der Waals surface area contributed by atoms with Crippen molar-refractivity contribution in [1.29, 1.82) is 0 Å². The molecule has 0 amide bonds. The smallest absolute Gasteiger partial charge is 0.260 e. The number of rotatable bonds is 1. The molecule has 1 saturated heterocycles. The summed E-state index contributed by atoms with van der Waals surface area (Å²) in [4.78, 5) is 1.97. The van der Waals surface area contributed by atoms with Crippen LogP contribution in [0, 0.1) is 0 Å². The number of halogens is 2. The first-order valence-electron chi connectivity index (χ1n) is 4.65. The van der Waals surface area contributed by atoms with Gasteiger partial charge in [-0.15, -0.1) is 0 Å². The second-order valence-corrected chi connectivity index (χ2v) is 4.38. The fraction of sp³-hybridized carbons (Fsp3) is 1.00. The molecule has 0 aromatic carbocycles. The summed E-state index contributed by atoms with van der Waals surface area (Å²) in [5, 5.41) is 0. The quantitative estimate of drug-likeness (QED) is 0.591. The van der Waals surface area contributed by atoms with Gasteiger partial charge in [-0.05, 0) is 32.7 Å². The van der Waals surface area contributed by atoms with Crippen molar-refractivity contribution in [3.8, 4) is 0 Å². The number of alkyl halides is 2. The van der Waals surface area contributed by atoms with Crippen LogP contribution in [-0.2, 0) is 0 Å². The maximum Gasteiger partial charge on any atom is 0.260 e. The average molecular weight is 175 g/mol. The van der Waals surface area contributed by atoms with Gasteiger partial charge in [0.1, 0.15) is 0 Å². The molecule has 1 heterocycles. The Labute approximate surface area is 71.7 Å². The Morgan fingerprint density at radius 2 is 1.83 bits per heavy atom. The Balaban J connectivity index is 1.99. The van der Waals surface area contributed by atoms with Crippen LogP contribution in [0.2, 0.25) is 0 Å². The standard InChI is InChI=1S/C9H15F2N/c1-8(4-5-8)12-6-2-3-9(10,11)7-12/h2-7H2,1H3. The highest BCUT2D eigenvalue weighted by atomic mass is 19.3. The van der Waals surface area contributed by atoms with Crippen molar-refractivity contribution in [3.63, 3.8) is 0 Å². The molecule has 12 heavy (non-hydrogen) atoms. The maximum absolute atomic E-state index is 13.0. The van der Waals surface area contributed by atoms with E-state index in [4.69, 9.17) is 0 Å². The lowest BCUT2D eigenvalue weighted by Gasteiger charge is -2.36. The summed E-state index contributed by atoms with van der Waals surface area (Å²) in [5.41, 5.74) is 0.129. The SMILES string of the molecule is CC1(N2CCCC(F)(F)C2)CC1. The molecule has 0 radical (unpaired) electrons. The van der Waals surface area contributed by atoms with Gasteiger partial charge >= 0.3 is 0 Å². The zero-order chi connectivity index (χ0) is 8.82. The third-order valence-corrected chi connectivity index (χ3v) is 3.13. The summed E-state index contributed by atoms with van der Waals surface area (Å²) in [6.45, 7) is 2.95. The van der Waals surface area contributed by atoms with Gasteiger partial charge < -0.3 is 0 Å². The van der Waals surface area contributed by atoms with Crippen LogP contribution in [0.25, 0.3) is 0 Å². The molecule has 3 heteroatoms. The Hall–Kier alpha value is -0.180. The van der Waals surface area contributed by atoms with Crippen LogP contribution in [0.1, 0.15) is 32.6 Å². The van der Waals surface area contributed by atoms with E-state index < -0.39 is 5.92 Å². The van der Waals surface area contributed by atoms with E-state index in [1.165, 1.54) is 0 Å². The van der Waals surface area contributed by atoms with Gasteiger partial charge in [0.15, 0.2) is 0 Å². The minimum absolute atomic E-state index is 0.0104. The topological polar surface area (TPSA) is 3.24 Å². The summed E-state index contributed by atoms with van der Waals surface area (Å²) < 4.78 is 25.9. The van der Waals surface area contributed by atoms with E-state index in [0.29, 0.717) is 6.42 Å². The third-order valence-electron chi connectivity index (χ3n) is 3.13. The Morgan fingerprint density at radius 3 is 2.33 bits per heavy atom. The summed E-state index contributed by atoms with van der Waals surface area (Å²) in [5.74, 6) is -2.43. The zero-order valence-electron chi connectivity index (χ0n) is 7.45. The first kappa shape index (κ1) is 8.42. The largest absolute Gasteiger partial charge is 0.292 e. The molecule has 0 unspecified atom stereocenters.